The number of nitrogens with zero attached hydrogens (tertiary/aromatic N) is 3. The van der Waals surface area contributed by atoms with Crippen molar-refractivity contribution >= 4 is 50.9 Å². The third-order valence-corrected chi connectivity index (χ3v) is 11.0. The Balaban J connectivity index is 1.47. The van der Waals surface area contributed by atoms with Gasteiger partial charge in [-0.3, -0.25) is 24.5 Å². The van der Waals surface area contributed by atoms with Crippen LogP contribution in [0, 0.1) is 10.1 Å². The van der Waals surface area contributed by atoms with Crippen molar-refractivity contribution in [3.63, 3.8) is 0 Å². The molecule has 0 aliphatic carbocycles. The van der Waals surface area contributed by atoms with E-state index in [9.17, 15) is 32.9 Å². The van der Waals surface area contributed by atoms with E-state index in [2.05, 4.69) is 5.32 Å². The molecule has 1 atom stereocenters. The summed E-state index contributed by atoms with van der Waals surface area (Å²) in [6.07, 6.45) is 1.84. The summed E-state index contributed by atoms with van der Waals surface area (Å²) in [7, 11) is 2.04. The van der Waals surface area contributed by atoms with E-state index in [1.165, 1.54) is 48.0 Å². The second-order valence-electron chi connectivity index (χ2n) is 12.8. The molecule has 0 bridgehead atoms. The summed E-state index contributed by atoms with van der Waals surface area (Å²) in [5, 5.41) is 15.2. The Kier molecular flexibility index (Phi) is 14.6. The van der Waals surface area contributed by atoms with Crippen LogP contribution in [0.25, 0.3) is 11.1 Å². The molecule has 54 heavy (non-hydrogen) atoms. The lowest BCUT2D eigenvalue weighted by Gasteiger charge is -2.21. The molecule has 0 heterocycles. The number of nitrogens with one attached hydrogen (secondary N) is 2. The molecule has 4 rings (SSSR count). The van der Waals surface area contributed by atoms with E-state index < -0.39 is 37.5 Å². The number of amides is 3. The van der Waals surface area contributed by atoms with Crippen molar-refractivity contribution in [2.45, 2.75) is 48.4 Å². The molecule has 2 N–H and O–H groups in total. The minimum atomic E-state index is -4.53. The van der Waals surface area contributed by atoms with E-state index in [4.69, 9.17) is 4.74 Å². The summed E-state index contributed by atoms with van der Waals surface area (Å²) in [5.74, 6) is -0.0761. The second-order valence-corrected chi connectivity index (χ2v) is 15.5. The summed E-state index contributed by atoms with van der Waals surface area (Å²) in [4.78, 5) is 53.1. The van der Waals surface area contributed by atoms with Crippen LogP contribution >= 0.6 is 11.8 Å². The largest absolute Gasteiger partial charge is 0.496 e. The van der Waals surface area contributed by atoms with Crippen LogP contribution in [-0.4, -0.2) is 87.5 Å². The number of thioether (sulfide) groups is 1. The molecule has 0 unspecified atom stereocenters. The van der Waals surface area contributed by atoms with Gasteiger partial charge in [0.2, 0.25) is 11.8 Å². The van der Waals surface area contributed by atoms with Crippen LogP contribution in [0.15, 0.2) is 101 Å². The monoisotopic (exact) mass is 775 g/mol. The Labute approximate surface area is 320 Å². The number of sulfonamides is 1. The first-order valence-electron chi connectivity index (χ1n) is 17.2. The lowest BCUT2D eigenvalue weighted by molar-refractivity contribution is -0.384. The minimum absolute atomic E-state index is 0.0302. The van der Waals surface area contributed by atoms with Gasteiger partial charge in [-0.1, -0.05) is 49.4 Å². The van der Waals surface area contributed by atoms with Gasteiger partial charge in [-0.2, -0.15) is 0 Å². The Morgan fingerprint density at radius 1 is 0.926 bits per heavy atom. The van der Waals surface area contributed by atoms with Gasteiger partial charge in [0.15, 0.2) is 0 Å². The lowest BCUT2D eigenvalue weighted by Crippen LogP contribution is -2.32. The molecule has 0 saturated heterocycles. The van der Waals surface area contributed by atoms with Crippen LogP contribution in [-0.2, 0) is 26.0 Å². The van der Waals surface area contributed by atoms with Crippen molar-refractivity contribution in [2.75, 3.05) is 45.9 Å². The first kappa shape index (κ1) is 41.3. The highest BCUT2D eigenvalue weighted by molar-refractivity contribution is 7.99. The zero-order valence-electron chi connectivity index (χ0n) is 30.9. The van der Waals surface area contributed by atoms with Crippen LogP contribution in [0.5, 0.6) is 5.75 Å². The molecular formula is C39H45N5O8S2. The van der Waals surface area contributed by atoms with Crippen LogP contribution < -0.4 is 14.8 Å². The van der Waals surface area contributed by atoms with Gasteiger partial charge in [0.05, 0.1) is 16.9 Å². The molecule has 0 aliphatic heterocycles. The van der Waals surface area contributed by atoms with Gasteiger partial charge >= 0.3 is 0 Å². The van der Waals surface area contributed by atoms with Crippen molar-refractivity contribution < 1.29 is 32.5 Å². The topological polar surface area (TPSA) is 168 Å². The van der Waals surface area contributed by atoms with Gasteiger partial charge in [0.1, 0.15) is 11.4 Å². The van der Waals surface area contributed by atoms with Crippen molar-refractivity contribution in [1.29, 1.82) is 0 Å². The maximum Gasteiger partial charge on any atom is 0.293 e. The average Bonchev–Trinajstić information content (AvgIpc) is 3.16. The Hall–Kier alpha value is -5.41. The van der Waals surface area contributed by atoms with Gasteiger partial charge in [-0.05, 0) is 66.4 Å². The summed E-state index contributed by atoms with van der Waals surface area (Å²) in [6, 6.07) is 24.1. The number of ether oxygens (including phenoxy) is 1. The number of nitro groups is 1. The van der Waals surface area contributed by atoms with E-state index in [0.29, 0.717) is 36.5 Å². The Morgan fingerprint density at radius 2 is 1.63 bits per heavy atom. The SMILES string of the molecule is CCCN(C)C(=O)CCc1ccc(-c2ccc(C(=O)NS(=O)(=O)c3ccc(N[C@@H](CSc4ccccc4)CC(=O)N(C)C)c([N+](=O)[O-])c3)cc2)c(OC)c1. The number of aryl methyl sites for hydroxylation is 1. The third kappa shape index (κ3) is 11.3. The number of hydrogen-bond donors (Lipinski definition) is 2. The Bertz CT molecular complexity index is 2060. The van der Waals surface area contributed by atoms with Crippen molar-refractivity contribution in [3.05, 3.63) is 112 Å². The second kappa shape index (κ2) is 19.1. The molecule has 0 aliphatic rings. The molecule has 286 valence electrons. The number of anilines is 1. The molecule has 3 amide bonds. The first-order chi connectivity index (χ1) is 25.7. The molecule has 13 nitrogen and oxygen atoms in total. The zero-order valence-corrected chi connectivity index (χ0v) is 32.5. The maximum absolute atomic E-state index is 13.3. The number of rotatable bonds is 18. The van der Waals surface area contributed by atoms with E-state index >= 15 is 0 Å². The molecular weight excluding hydrogens is 731 g/mol. The Morgan fingerprint density at radius 3 is 2.26 bits per heavy atom. The summed E-state index contributed by atoms with van der Waals surface area (Å²) in [5.41, 5.74) is 1.93. The highest BCUT2D eigenvalue weighted by atomic mass is 32.2. The minimum Gasteiger partial charge on any atom is -0.496 e. The van der Waals surface area contributed by atoms with E-state index in [-0.39, 0.29) is 29.5 Å². The number of carbonyl (C=O) groups excluding carboxylic acids is 3. The van der Waals surface area contributed by atoms with Crippen LogP contribution in [0.1, 0.15) is 42.1 Å². The molecule has 0 fully saturated rings. The van der Waals surface area contributed by atoms with Crippen LogP contribution in [0.2, 0.25) is 0 Å². The molecule has 0 radical (unpaired) electrons. The van der Waals surface area contributed by atoms with Gasteiger partial charge in [0.25, 0.3) is 21.6 Å². The van der Waals surface area contributed by atoms with Crippen LogP contribution in [0.4, 0.5) is 11.4 Å². The maximum atomic E-state index is 13.3. The predicted molar refractivity (Wildman–Crippen MR) is 210 cm³/mol. The third-order valence-electron chi connectivity index (χ3n) is 8.51. The van der Waals surface area contributed by atoms with Crippen LogP contribution in [0.3, 0.4) is 0 Å². The highest BCUT2D eigenvalue weighted by Crippen LogP contribution is 2.33. The number of carbonyl (C=O) groups is 3. The number of nitro benzene ring substituents is 1. The lowest BCUT2D eigenvalue weighted by atomic mass is 9.99. The standard InChI is InChI=1S/C39H45N5O8S2/c1-6-22-43(4)37(45)21-13-27-12-19-33(36(23-27)52-5)28-14-16-29(17-15-28)39(47)41-54(50,51)32-18-20-34(35(25-32)44(48)49)40-30(24-38(46)42(2)3)26-53-31-10-8-7-9-11-31/h7-12,14-20,23,25,30,40H,6,13,21-22,24,26H2,1-5H3,(H,41,47)/t30-/m1/s1. The fourth-order valence-corrected chi connectivity index (χ4v) is 7.44. The predicted octanol–water partition coefficient (Wildman–Crippen LogP) is 6.24. The normalized spacial score (nSPS) is 11.6. The van der Waals surface area contributed by atoms with Crippen molar-refractivity contribution in [2.24, 2.45) is 0 Å². The van der Waals surface area contributed by atoms with Gasteiger partial charge in [-0.25, -0.2) is 13.1 Å². The van der Waals surface area contributed by atoms with Crippen molar-refractivity contribution in [1.82, 2.24) is 14.5 Å². The van der Waals surface area contributed by atoms with E-state index in [1.54, 1.807) is 38.2 Å². The number of methoxy groups -OCH3 is 1. The average molecular weight is 776 g/mol. The molecule has 4 aromatic rings. The fourth-order valence-electron chi connectivity index (χ4n) is 5.50. The smallest absolute Gasteiger partial charge is 0.293 e. The van der Waals surface area contributed by atoms with Gasteiger partial charge in [-0.15, -0.1) is 11.8 Å². The highest BCUT2D eigenvalue weighted by Gasteiger charge is 2.26. The molecule has 0 saturated carbocycles. The zero-order chi connectivity index (χ0) is 39.4. The van der Waals surface area contributed by atoms with Gasteiger partial charge < -0.3 is 19.9 Å². The quantitative estimate of drug-likeness (QED) is 0.0671. The number of hydrogen-bond acceptors (Lipinski definition) is 10. The molecule has 0 aromatic heterocycles. The van der Waals surface area contributed by atoms with Gasteiger partial charge in [0, 0.05) is 74.4 Å². The van der Waals surface area contributed by atoms with E-state index in [1.807, 2.05) is 60.2 Å². The summed E-state index contributed by atoms with van der Waals surface area (Å²) in [6.45, 7) is 2.72. The van der Waals surface area contributed by atoms with Crippen molar-refractivity contribution in [3.8, 4) is 16.9 Å². The summed E-state index contributed by atoms with van der Waals surface area (Å²) >= 11 is 1.47. The molecule has 0 spiro atoms. The molecule has 4 aromatic carbocycles. The van der Waals surface area contributed by atoms with E-state index in [0.717, 1.165) is 28.5 Å². The fraction of sp³-hybridized carbons (Fsp3) is 0.308. The molecule has 15 heteroatoms. The summed E-state index contributed by atoms with van der Waals surface area (Å²) < 4.78 is 34.2. The first-order valence-corrected chi connectivity index (χ1v) is 19.7. The number of benzene rings is 4.